The lowest BCUT2D eigenvalue weighted by atomic mass is 10.3. The highest BCUT2D eigenvalue weighted by Crippen LogP contribution is 2.07. The largest absolute Gasteiger partial charge is 0.491 e. The Balaban J connectivity index is 1.61. The van der Waals surface area contributed by atoms with Crippen molar-refractivity contribution in [1.29, 1.82) is 0 Å². The van der Waals surface area contributed by atoms with Gasteiger partial charge in [-0.1, -0.05) is 18.2 Å². The number of para-hydroxylation sites is 1. The predicted molar refractivity (Wildman–Crippen MR) is 161 cm³/mol. The van der Waals surface area contributed by atoms with Gasteiger partial charge in [0.1, 0.15) is 12.4 Å². The van der Waals surface area contributed by atoms with Gasteiger partial charge in [-0.2, -0.15) is 0 Å². The maximum atomic E-state index is 5.55. The summed E-state index contributed by atoms with van der Waals surface area (Å²) < 4.78 is 65.6. The summed E-state index contributed by atoms with van der Waals surface area (Å²) in [6.45, 7) is 15.7. The third-order valence-corrected chi connectivity index (χ3v) is 5.27. The molecule has 0 amide bonds. The first kappa shape index (κ1) is 39.6. The van der Waals surface area contributed by atoms with Crippen LogP contribution in [0, 0.1) is 0 Å². The summed E-state index contributed by atoms with van der Waals surface area (Å²) in [6, 6.07) is 9.67. The molecule has 0 aliphatic rings. The van der Waals surface area contributed by atoms with Crippen molar-refractivity contribution in [2.45, 2.75) is 20.0 Å². The zero-order valence-electron chi connectivity index (χ0n) is 26.4. The van der Waals surface area contributed by atoms with E-state index in [-0.39, 0.29) is 6.10 Å². The van der Waals surface area contributed by atoms with Crippen LogP contribution in [0.15, 0.2) is 30.3 Å². The second-order valence-electron chi connectivity index (χ2n) is 9.20. The molecule has 12 heteroatoms. The van der Waals surface area contributed by atoms with Crippen molar-refractivity contribution in [1.82, 2.24) is 0 Å². The second kappa shape index (κ2) is 33.5. The molecule has 0 heterocycles. The summed E-state index contributed by atoms with van der Waals surface area (Å²) in [5.74, 6) is 0.845. The van der Waals surface area contributed by atoms with Crippen molar-refractivity contribution < 1.29 is 56.8 Å². The number of ether oxygens (including phenoxy) is 12. The third-order valence-electron chi connectivity index (χ3n) is 5.27. The zero-order chi connectivity index (χ0) is 30.7. The molecule has 1 aromatic carbocycles. The van der Waals surface area contributed by atoms with Crippen LogP contribution in [0.25, 0.3) is 0 Å². The Morgan fingerprint density at radius 1 is 0.349 bits per heavy atom. The van der Waals surface area contributed by atoms with Crippen LogP contribution in [-0.2, 0) is 52.1 Å². The fourth-order valence-electron chi connectivity index (χ4n) is 3.16. The lowest BCUT2D eigenvalue weighted by Gasteiger charge is -2.09. The lowest BCUT2D eigenvalue weighted by molar-refractivity contribution is -0.0288. The summed E-state index contributed by atoms with van der Waals surface area (Å²) in [5.41, 5.74) is 0. The van der Waals surface area contributed by atoms with E-state index in [4.69, 9.17) is 56.8 Å². The average Bonchev–Trinajstić information content (AvgIpc) is 3.01. The van der Waals surface area contributed by atoms with E-state index in [1.807, 2.05) is 44.2 Å². The van der Waals surface area contributed by atoms with Crippen molar-refractivity contribution in [3.63, 3.8) is 0 Å². The summed E-state index contributed by atoms with van der Waals surface area (Å²) in [5, 5.41) is 0. The molecule has 0 bridgehead atoms. The van der Waals surface area contributed by atoms with E-state index in [1.165, 1.54) is 0 Å². The smallest absolute Gasteiger partial charge is 0.119 e. The van der Waals surface area contributed by atoms with E-state index in [9.17, 15) is 0 Å². The topological polar surface area (TPSA) is 111 Å². The minimum absolute atomic E-state index is 0.232. The lowest BCUT2D eigenvalue weighted by Crippen LogP contribution is -2.15. The summed E-state index contributed by atoms with van der Waals surface area (Å²) in [4.78, 5) is 0. The molecule has 12 nitrogen and oxygen atoms in total. The molecule has 43 heavy (non-hydrogen) atoms. The molecular weight excluding hydrogens is 564 g/mol. The molecule has 0 N–H and O–H groups in total. The van der Waals surface area contributed by atoms with Crippen molar-refractivity contribution in [2.75, 3.05) is 145 Å². The van der Waals surface area contributed by atoms with Crippen LogP contribution >= 0.6 is 0 Å². The Morgan fingerprint density at radius 3 is 0.884 bits per heavy atom. The molecule has 0 unspecified atom stereocenters. The highest BCUT2D eigenvalue weighted by atomic mass is 16.6. The Bertz CT molecular complexity index is 653. The molecule has 1 aromatic rings. The van der Waals surface area contributed by atoms with Gasteiger partial charge in [0, 0.05) is 0 Å². The second-order valence-corrected chi connectivity index (χ2v) is 9.20. The van der Waals surface area contributed by atoms with Gasteiger partial charge in [-0.3, -0.25) is 0 Å². The van der Waals surface area contributed by atoms with Crippen LogP contribution in [0.5, 0.6) is 5.75 Å². The molecule has 0 spiro atoms. The normalized spacial score (nSPS) is 11.5. The van der Waals surface area contributed by atoms with Crippen LogP contribution in [0.2, 0.25) is 0 Å². The standard InChI is InChI=1S/C31H56O12/c1-30(2)42-28-26-40-24-22-38-20-18-36-16-14-34-12-10-32-8-9-33-11-13-35-15-17-37-19-21-39-23-25-41-27-29-43-31-6-4-3-5-7-31/h3-7,30H,8-29H2,1-2H3. The van der Waals surface area contributed by atoms with Gasteiger partial charge in [-0.15, -0.1) is 0 Å². The minimum atomic E-state index is 0.232. The fraction of sp³-hybridized carbons (Fsp3) is 0.806. The van der Waals surface area contributed by atoms with Crippen molar-refractivity contribution in [3.05, 3.63) is 30.3 Å². The highest BCUT2D eigenvalue weighted by molar-refractivity contribution is 5.20. The molecule has 1 rings (SSSR count). The highest BCUT2D eigenvalue weighted by Gasteiger charge is 1.97. The van der Waals surface area contributed by atoms with Gasteiger partial charge in [-0.25, -0.2) is 0 Å². The van der Waals surface area contributed by atoms with Crippen LogP contribution in [-0.4, -0.2) is 151 Å². The number of rotatable bonds is 35. The Labute approximate surface area is 258 Å². The quantitative estimate of drug-likeness (QED) is 0.104. The van der Waals surface area contributed by atoms with Crippen LogP contribution < -0.4 is 4.74 Å². The number of benzene rings is 1. The van der Waals surface area contributed by atoms with E-state index >= 15 is 0 Å². The zero-order valence-corrected chi connectivity index (χ0v) is 26.4. The first-order chi connectivity index (χ1) is 21.3. The van der Waals surface area contributed by atoms with Gasteiger partial charge < -0.3 is 56.8 Å². The molecular formula is C31H56O12. The van der Waals surface area contributed by atoms with E-state index in [0.717, 1.165) is 5.75 Å². The maximum Gasteiger partial charge on any atom is 0.119 e. The van der Waals surface area contributed by atoms with Gasteiger partial charge in [0.25, 0.3) is 0 Å². The van der Waals surface area contributed by atoms with E-state index < -0.39 is 0 Å². The number of hydrogen-bond donors (Lipinski definition) is 0. The third kappa shape index (κ3) is 31.8. The summed E-state index contributed by atoms with van der Waals surface area (Å²) in [6.07, 6.45) is 0.232. The van der Waals surface area contributed by atoms with Gasteiger partial charge in [0.15, 0.2) is 0 Å². The molecule has 0 saturated carbocycles. The van der Waals surface area contributed by atoms with Crippen LogP contribution in [0.3, 0.4) is 0 Å². The summed E-state index contributed by atoms with van der Waals surface area (Å²) in [7, 11) is 0. The Morgan fingerprint density at radius 2 is 0.605 bits per heavy atom. The predicted octanol–water partition coefficient (Wildman–Crippen LogP) is 2.66. The Kier molecular flexibility index (Phi) is 30.8. The van der Waals surface area contributed by atoms with Crippen molar-refractivity contribution in [3.8, 4) is 5.75 Å². The van der Waals surface area contributed by atoms with Gasteiger partial charge in [-0.05, 0) is 26.0 Å². The van der Waals surface area contributed by atoms with Crippen molar-refractivity contribution in [2.24, 2.45) is 0 Å². The van der Waals surface area contributed by atoms with E-state index in [1.54, 1.807) is 0 Å². The SMILES string of the molecule is CC(C)OCCOCCOCCOCCOCCOCCOCCOCCOCCOCCOCCOc1ccccc1. The van der Waals surface area contributed by atoms with Gasteiger partial charge in [0.2, 0.25) is 0 Å². The monoisotopic (exact) mass is 620 g/mol. The van der Waals surface area contributed by atoms with Crippen LogP contribution in [0.1, 0.15) is 13.8 Å². The molecule has 0 fully saturated rings. The fourth-order valence-corrected chi connectivity index (χ4v) is 3.16. The van der Waals surface area contributed by atoms with E-state index in [2.05, 4.69) is 0 Å². The molecule has 0 aliphatic carbocycles. The Hall–Kier alpha value is -1.42. The van der Waals surface area contributed by atoms with Gasteiger partial charge in [0.05, 0.1) is 145 Å². The molecule has 0 atom stereocenters. The van der Waals surface area contributed by atoms with E-state index in [0.29, 0.717) is 145 Å². The minimum Gasteiger partial charge on any atom is -0.491 e. The first-order valence-electron chi connectivity index (χ1n) is 15.4. The molecule has 0 aromatic heterocycles. The maximum absolute atomic E-state index is 5.55. The molecule has 0 aliphatic heterocycles. The molecule has 0 saturated heterocycles. The van der Waals surface area contributed by atoms with Crippen LogP contribution in [0.4, 0.5) is 0 Å². The first-order valence-corrected chi connectivity index (χ1v) is 15.4. The summed E-state index contributed by atoms with van der Waals surface area (Å²) >= 11 is 0. The molecule has 252 valence electrons. The van der Waals surface area contributed by atoms with Gasteiger partial charge >= 0.3 is 0 Å². The van der Waals surface area contributed by atoms with Crippen molar-refractivity contribution >= 4 is 0 Å². The number of hydrogen-bond acceptors (Lipinski definition) is 12. The molecule has 0 radical (unpaired) electrons. The average molecular weight is 621 g/mol.